The van der Waals surface area contributed by atoms with Crippen LogP contribution in [0.25, 0.3) is 44.3 Å². The summed E-state index contributed by atoms with van der Waals surface area (Å²) >= 11 is 0. The van der Waals surface area contributed by atoms with Crippen LogP contribution in [0.1, 0.15) is 19.4 Å². The monoisotopic (exact) mass is 455 g/mol. The Morgan fingerprint density at radius 3 is 2.06 bits per heavy atom. The van der Waals surface area contributed by atoms with E-state index >= 15 is 4.39 Å². The van der Waals surface area contributed by atoms with Crippen LogP contribution in [-0.4, -0.2) is 52.1 Å². The van der Waals surface area contributed by atoms with E-state index in [4.69, 9.17) is 51.5 Å². The van der Waals surface area contributed by atoms with Crippen molar-refractivity contribution in [2.24, 2.45) is 5.92 Å². The molecule has 0 saturated carbocycles. The molecule has 0 atom stereocenters. The molecule has 0 aliphatic rings. The van der Waals surface area contributed by atoms with Gasteiger partial charge in [-0.2, -0.15) is 0 Å². The van der Waals surface area contributed by atoms with Crippen molar-refractivity contribution < 1.29 is 8.81 Å². The first kappa shape index (κ1) is 24.6. The van der Waals surface area contributed by atoms with Gasteiger partial charge < -0.3 is 4.42 Å². The summed E-state index contributed by atoms with van der Waals surface area (Å²) in [5, 5.41) is 0.0522. The number of nitrogens with zero attached hydrogens (tertiary/aromatic N) is 1. The maximum Gasteiger partial charge on any atom is 0.146 e. The van der Waals surface area contributed by atoms with Crippen molar-refractivity contribution in [1.82, 2.24) is 4.98 Å². The van der Waals surface area contributed by atoms with E-state index in [9.17, 15) is 0 Å². The van der Waals surface area contributed by atoms with Gasteiger partial charge in [-0.15, -0.1) is 10.9 Å². The van der Waals surface area contributed by atoms with Crippen LogP contribution in [0.15, 0.2) is 59.1 Å². The van der Waals surface area contributed by atoms with Gasteiger partial charge in [-0.3, -0.25) is 4.98 Å². The van der Waals surface area contributed by atoms with Crippen molar-refractivity contribution in [2.75, 3.05) is 0 Å². The third-order valence-corrected chi connectivity index (χ3v) is 6.85. The van der Waals surface area contributed by atoms with Gasteiger partial charge in [-0.1, -0.05) is 59.7 Å². The second kappa shape index (κ2) is 8.80. The van der Waals surface area contributed by atoms with Crippen LogP contribution in [0.5, 0.6) is 0 Å². The number of furan rings is 1. The molecular weight excluding hydrogens is 438 g/mol. The highest BCUT2D eigenvalue weighted by molar-refractivity contribution is 6.62. The number of halogens is 1. The average Bonchev–Trinajstić information content (AvgIpc) is 3.23. The standard InChI is InChI=1S/C27H16B6FNO/c1-12(2)27(32,33)20-23(30)21(28)19(22(29)24(20)31)18-16(34)10-9-14-13-6-5-7-15(25(13)36-26(14)18)17-8-3-4-11-35-17/h3-12H,1-2H3. The van der Waals surface area contributed by atoms with Crippen molar-refractivity contribution in [3.05, 3.63) is 66.1 Å². The predicted octanol–water partition coefficient (Wildman–Crippen LogP) is 1.78. The number of hydrogen-bond acceptors (Lipinski definition) is 2. The van der Waals surface area contributed by atoms with Crippen LogP contribution in [-0.2, 0) is 5.21 Å². The zero-order valence-corrected chi connectivity index (χ0v) is 20.0. The van der Waals surface area contributed by atoms with Crippen LogP contribution in [0.4, 0.5) is 4.39 Å². The molecular formula is C27H16B6FNO. The van der Waals surface area contributed by atoms with Gasteiger partial charge in [-0.25, -0.2) is 4.39 Å². The van der Waals surface area contributed by atoms with Crippen LogP contribution in [0.3, 0.4) is 0 Å². The first-order chi connectivity index (χ1) is 17.1. The lowest BCUT2D eigenvalue weighted by Crippen LogP contribution is -2.53. The molecule has 9 heteroatoms. The van der Waals surface area contributed by atoms with Crippen LogP contribution in [0.2, 0.25) is 0 Å². The van der Waals surface area contributed by atoms with Crippen LogP contribution < -0.4 is 21.9 Å². The average molecular weight is 454 g/mol. The molecule has 5 aromatic rings. The van der Waals surface area contributed by atoms with Crippen molar-refractivity contribution in [3.63, 3.8) is 0 Å². The van der Waals surface area contributed by atoms with Crippen molar-refractivity contribution in [1.29, 1.82) is 0 Å². The van der Waals surface area contributed by atoms with Gasteiger partial charge in [0, 0.05) is 22.5 Å². The lowest BCUT2D eigenvalue weighted by atomic mass is 9.41. The topological polar surface area (TPSA) is 26.0 Å². The number of hydrogen-bond donors (Lipinski definition) is 0. The highest BCUT2D eigenvalue weighted by Gasteiger charge is 2.30. The largest absolute Gasteiger partial charge is 0.455 e. The number of aromatic nitrogens is 1. The molecule has 2 nitrogen and oxygen atoms in total. The summed E-state index contributed by atoms with van der Waals surface area (Å²) < 4.78 is 21.8. The number of fused-ring (bicyclic) bond motifs is 3. The molecule has 2 aromatic heterocycles. The third-order valence-electron chi connectivity index (χ3n) is 6.85. The third kappa shape index (κ3) is 3.58. The fraction of sp³-hybridized carbons (Fsp3) is 0.148. The fourth-order valence-electron chi connectivity index (χ4n) is 4.65. The molecule has 0 saturated heterocycles. The Morgan fingerprint density at radius 2 is 1.44 bits per heavy atom. The molecule has 0 aliphatic carbocycles. The van der Waals surface area contributed by atoms with Crippen molar-refractivity contribution >= 4 is 90.9 Å². The summed E-state index contributed by atoms with van der Waals surface area (Å²) in [5.74, 6) is -0.839. The van der Waals surface area contributed by atoms with Gasteiger partial charge in [-0.05, 0) is 35.9 Å². The smallest absolute Gasteiger partial charge is 0.146 e. The molecule has 3 aromatic carbocycles. The molecule has 12 radical (unpaired) electrons. The lowest BCUT2D eigenvalue weighted by molar-refractivity contribution is 0.575. The molecule has 2 heterocycles. The number of para-hydroxylation sites is 1. The molecule has 0 spiro atoms. The van der Waals surface area contributed by atoms with E-state index in [-0.39, 0.29) is 50.0 Å². The molecule has 0 bridgehead atoms. The Morgan fingerprint density at radius 1 is 0.778 bits per heavy atom. The number of rotatable bonds is 4. The summed E-state index contributed by atoms with van der Waals surface area (Å²) in [6.45, 7) is 3.65. The molecule has 0 N–H and O–H groups in total. The molecule has 0 unspecified atom stereocenters. The van der Waals surface area contributed by atoms with Gasteiger partial charge in [0.05, 0.1) is 26.9 Å². The minimum Gasteiger partial charge on any atom is -0.455 e. The Kier molecular flexibility index (Phi) is 6.01. The van der Waals surface area contributed by atoms with E-state index in [0.717, 1.165) is 16.6 Å². The van der Waals surface area contributed by atoms with Gasteiger partial charge in [0.1, 0.15) is 48.4 Å². The Balaban J connectivity index is 1.86. The van der Waals surface area contributed by atoms with E-state index in [0.29, 0.717) is 11.0 Å². The van der Waals surface area contributed by atoms with E-state index in [1.165, 1.54) is 6.07 Å². The Hall–Kier alpha value is -3.07. The summed E-state index contributed by atoms with van der Waals surface area (Å²) in [6, 6.07) is 14.3. The highest BCUT2D eigenvalue weighted by Crippen LogP contribution is 2.39. The summed E-state index contributed by atoms with van der Waals surface area (Å²) in [6.07, 6.45) is 1.70. The second-order valence-electron chi connectivity index (χ2n) is 9.29. The normalized spacial score (nSPS) is 12.1. The molecule has 0 fully saturated rings. The molecule has 0 amide bonds. The van der Waals surface area contributed by atoms with Crippen molar-refractivity contribution in [3.8, 4) is 22.4 Å². The summed E-state index contributed by atoms with van der Waals surface area (Å²) in [4.78, 5) is 4.43. The maximum atomic E-state index is 15.5. The van der Waals surface area contributed by atoms with Crippen LogP contribution in [0, 0.1) is 11.7 Å². The van der Waals surface area contributed by atoms with E-state index < -0.39 is 11.0 Å². The highest BCUT2D eigenvalue weighted by atomic mass is 19.1. The first-order valence-corrected chi connectivity index (χ1v) is 11.4. The molecule has 0 aliphatic heterocycles. The lowest BCUT2D eigenvalue weighted by Gasteiger charge is -2.37. The van der Waals surface area contributed by atoms with E-state index in [1.54, 1.807) is 12.3 Å². The summed E-state index contributed by atoms with van der Waals surface area (Å²) in [5.41, 5.74) is 2.86. The minimum absolute atomic E-state index is 0.0226. The van der Waals surface area contributed by atoms with Gasteiger partial charge >= 0.3 is 0 Å². The summed E-state index contributed by atoms with van der Waals surface area (Å²) in [7, 11) is 38.5. The Labute approximate surface area is 217 Å². The number of benzene rings is 3. The molecule has 160 valence electrons. The van der Waals surface area contributed by atoms with Gasteiger partial charge in [0.25, 0.3) is 0 Å². The van der Waals surface area contributed by atoms with E-state index in [1.807, 2.05) is 50.2 Å². The van der Waals surface area contributed by atoms with Crippen molar-refractivity contribution in [2.45, 2.75) is 19.1 Å². The zero-order valence-electron chi connectivity index (χ0n) is 20.0. The van der Waals surface area contributed by atoms with E-state index in [2.05, 4.69) is 4.98 Å². The zero-order chi connectivity index (χ0) is 25.9. The number of pyridine rings is 1. The fourth-order valence-corrected chi connectivity index (χ4v) is 4.65. The van der Waals surface area contributed by atoms with Gasteiger partial charge in [0.2, 0.25) is 0 Å². The predicted molar refractivity (Wildman–Crippen MR) is 152 cm³/mol. The molecule has 5 rings (SSSR count). The minimum atomic E-state index is -1.41. The van der Waals surface area contributed by atoms with Crippen LogP contribution >= 0.6 is 0 Å². The first-order valence-electron chi connectivity index (χ1n) is 11.4. The SMILES string of the molecule is [B]c1c([B])c(C([B])([B])C(C)C)c([B])c([B])c1-c1c(F)ccc2c1oc1c(-c3ccccn3)cccc12. The quantitative estimate of drug-likeness (QED) is 0.387. The molecule has 36 heavy (non-hydrogen) atoms. The Bertz CT molecular complexity index is 1620. The second-order valence-corrected chi connectivity index (χ2v) is 9.29. The maximum absolute atomic E-state index is 15.5. The van der Waals surface area contributed by atoms with Gasteiger partial charge in [0.15, 0.2) is 0 Å².